The second kappa shape index (κ2) is 3.83. The number of rotatable bonds is 3. The van der Waals surface area contributed by atoms with Gasteiger partial charge in [-0.2, -0.15) is 4.89 Å². The molecule has 1 rings (SSSR count). The van der Waals surface area contributed by atoms with E-state index in [4.69, 9.17) is 9.62 Å². The van der Waals surface area contributed by atoms with E-state index in [-0.39, 0.29) is 0 Å². The molecule has 3 heteroatoms. The lowest BCUT2D eigenvalue weighted by atomic mass is 10.3. The molecule has 0 atom stereocenters. The Kier molecular flexibility index (Phi) is 2.74. The maximum Gasteiger partial charge on any atom is 0.169 e. The average Bonchev–Trinajstić information content (AvgIpc) is 2.06. The molecule has 0 saturated carbocycles. The third-order valence-electron chi connectivity index (χ3n) is 1.22. The van der Waals surface area contributed by atoms with E-state index in [1.54, 1.807) is 19.2 Å². The van der Waals surface area contributed by atoms with Gasteiger partial charge in [0.05, 0.1) is 14.2 Å². The summed E-state index contributed by atoms with van der Waals surface area (Å²) >= 11 is 0. The Labute approximate surface area is 65.4 Å². The first-order valence-electron chi connectivity index (χ1n) is 3.21. The van der Waals surface area contributed by atoms with Gasteiger partial charge in [0.25, 0.3) is 0 Å². The first-order valence-corrected chi connectivity index (χ1v) is 3.21. The summed E-state index contributed by atoms with van der Waals surface area (Å²) in [4.78, 5) is 9.24. The molecule has 0 bridgehead atoms. The van der Waals surface area contributed by atoms with Gasteiger partial charge in [0.2, 0.25) is 0 Å². The van der Waals surface area contributed by atoms with Crippen LogP contribution in [-0.2, 0) is 4.89 Å². The fourth-order valence-corrected chi connectivity index (χ4v) is 0.749. The number of hydrogen-bond acceptors (Lipinski definition) is 3. The van der Waals surface area contributed by atoms with Crippen LogP contribution in [-0.4, -0.2) is 14.2 Å². The Bertz CT molecular complexity index is 222. The molecule has 0 aliphatic rings. The van der Waals surface area contributed by atoms with Gasteiger partial charge < -0.3 is 9.62 Å². The fraction of sp³-hybridized carbons (Fsp3) is 0.250. The molecular formula is C8H10O3. The van der Waals surface area contributed by atoms with Crippen molar-refractivity contribution in [3.63, 3.8) is 0 Å². The topological polar surface area (TPSA) is 27.7 Å². The van der Waals surface area contributed by atoms with Gasteiger partial charge in [-0.3, -0.25) is 0 Å². The monoisotopic (exact) mass is 154 g/mol. The van der Waals surface area contributed by atoms with Crippen molar-refractivity contribution in [1.29, 1.82) is 0 Å². The van der Waals surface area contributed by atoms with Gasteiger partial charge in [-0.15, -0.1) is 0 Å². The second-order valence-corrected chi connectivity index (χ2v) is 1.93. The molecule has 0 saturated heterocycles. The standard InChI is InChI=1S/C8H10O3/c1-9-7-4-3-5-8(6-7)11-10-2/h3-6H,1-2H3. The minimum Gasteiger partial charge on any atom is -0.497 e. The van der Waals surface area contributed by atoms with Crippen LogP contribution in [0, 0.1) is 0 Å². The molecule has 0 aromatic heterocycles. The lowest BCUT2D eigenvalue weighted by Crippen LogP contribution is -1.90. The van der Waals surface area contributed by atoms with Crippen molar-refractivity contribution in [3.05, 3.63) is 24.3 Å². The highest BCUT2D eigenvalue weighted by Gasteiger charge is 1.94. The van der Waals surface area contributed by atoms with E-state index in [1.807, 2.05) is 12.1 Å². The van der Waals surface area contributed by atoms with Gasteiger partial charge in [-0.25, -0.2) is 0 Å². The fourth-order valence-electron chi connectivity index (χ4n) is 0.749. The predicted molar refractivity (Wildman–Crippen MR) is 40.6 cm³/mol. The zero-order chi connectivity index (χ0) is 8.10. The predicted octanol–water partition coefficient (Wildman–Crippen LogP) is 1.64. The molecule has 0 unspecified atom stereocenters. The van der Waals surface area contributed by atoms with Crippen molar-refractivity contribution in [2.45, 2.75) is 0 Å². The smallest absolute Gasteiger partial charge is 0.169 e. The van der Waals surface area contributed by atoms with Crippen LogP contribution in [0.2, 0.25) is 0 Å². The molecule has 1 aromatic carbocycles. The highest BCUT2D eigenvalue weighted by molar-refractivity contribution is 5.32. The average molecular weight is 154 g/mol. The van der Waals surface area contributed by atoms with Gasteiger partial charge in [-0.1, -0.05) is 6.07 Å². The molecule has 3 nitrogen and oxygen atoms in total. The van der Waals surface area contributed by atoms with E-state index in [1.165, 1.54) is 7.11 Å². The van der Waals surface area contributed by atoms with Gasteiger partial charge in [-0.05, 0) is 12.1 Å². The van der Waals surface area contributed by atoms with E-state index in [0.29, 0.717) is 5.75 Å². The first kappa shape index (κ1) is 7.88. The molecule has 0 radical (unpaired) electrons. The minimum absolute atomic E-state index is 0.631. The Balaban J connectivity index is 2.74. The van der Waals surface area contributed by atoms with Crippen LogP contribution in [0.15, 0.2) is 24.3 Å². The van der Waals surface area contributed by atoms with Crippen LogP contribution in [0.4, 0.5) is 0 Å². The number of methoxy groups -OCH3 is 1. The molecule has 0 aliphatic carbocycles. The van der Waals surface area contributed by atoms with Crippen LogP contribution in [0.1, 0.15) is 0 Å². The summed E-state index contributed by atoms with van der Waals surface area (Å²) in [5.74, 6) is 1.38. The molecule has 60 valence electrons. The van der Waals surface area contributed by atoms with E-state index in [0.717, 1.165) is 5.75 Å². The van der Waals surface area contributed by atoms with Gasteiger partial charge in [0.15, 0.2) is 5.75 Å². The zero-order valence-corrected chi connectivity index (χ0v) is 6.53. The summed E-state index contributed by atoms with van der Waals surface area (Å²) < 4.78 is 4.97. The molecule has 0 N–H and O–H groups in total. The largest absolute Gasteiger partial charge is 0.497 e. The van der Waals surface area contributed by atoms with Crippen LogP contribution in [0.3, 0.4) is 0 Å². The van der Waals surface area contributed by atoms with Crippen LogP contribution in [0.25, 0.3) is 0 Å². The summed E-state index contributed by atoms with van der Waals surface area (Å²) in [6.45, 7) is 0. The van der Waals surface area contributed by atoms with Crippen molar-refractivity contribution in [1.82, 2.24) is 0 Å². The molecule has 0 heterocycles. The Morgan fingerprint density at radius 3 is 2.45 bits per heavy atom. The van der Waals surface area contributed by atoms with Crippen molar-refractivity contribution in [3.8, 4) is 11.5 Å². The van der Waals surface area contributed by atoms with Gasteiger partial charge >= 0.3 is 0 Å². The lowest BCUT2D eigenvalue weighted by Gasteiger charge is -2.02. The van der Waals surface area contributed by atoms with E-state index in [9.17, 15) is 0 Å². The van der Waals surface area contributed by atoms with Gasteiger partial charge in [0.1, 0.15) is 5.75 Å². The molecule has 0 spiro atoms. The first-order chi connectivity index (χ1) is 5.36. The van der Waals surface area contributed by atoms with Crippen LogP contribution < -0.4 is 9.62 Å². The summed E-state index contributed by atoms with van der Waals surface area (Å²) in [5, 5.41) is 0. The van der Waals surface area contributed by atoms with Crippen molar-refractivity contribution in [2.24, 2.45) is 0 Å². The molecular weight excluding hydrogens is 144 g/mol. The highest BCUT2D eigenvalue weighted by atomic mass is 17.2. The van der Waals surface area contributed by atoms with E-state index in [2.05, 4.69) is 4.89 Å². The molecule has 0 amide bonds. The van der Waals surface area contributed by atoms with Crippen molar-refractivity contribution < 1.29 is 14.5 Å². The van der Waals surface area contributed by atoms with Crippen LogP contribution >= 0.6 is 0 Å². The maximum absolute atomic E-state index is 4.97. The zero-order valence-electron chi connectivity index (χ0n) is 6.53. The summed E-state index contributed by atoms with van der Waals surface area (Å²) in [7, 11) is 3.06. The van der Waals surface area contributed by atoms with Crippen molar-refractivity contribution in [2.75, 3.05) is 14.2 Å². The highest BCUT2D eigenvalue weighted by Crippen LogP contribution is 2.18. The SMILES string of the molecule is COOc1cccc(OC)c1. The Morgan fingerprint density at radius 2 is 1.82 bits per heavy atom. The lowest BCUT2D eigenvalue weighted by molar-refractivity contribution is -0.178. The number of ether oxygens (including phenoxy) is 1. The molecule has 1 aromatic rings. The molecule has 0 fully saturated rings. The Morgan fingerprint density at radius 1 is 1.09 bits per heavy atom. The van der Waals surface area contributed by atoms with Gasteiger partial charge in [0, 0.05) is 6.07 Å². The third-order valence-corrected chi connectivity index (χ3v) is 1.22. The molecule has 11 heavy (non-hydrogen) atoms. The quantitative estimate of drug-likeness (QED) is 0.489. The second-order valence-electron chi connectivity index (χ2n) is 1.93. The number of benzene rings is 1. The summed E-state index contributed by atoms with van der Waals surface area (Å²) in [6.07, 6.45) is 0. The minimum atomic E-state index is 0.631. The van der Waals surface area contributed by atoms with E-state index < -0.39 is 0 Å². The Hall–Kier alpha value is -1.22. The third kappa shape index (κ3) is 2.13. The van der Waals surface area contributed by atoms with E-state index >= 15 is 0 Å². The normalized spacial score (nSPS) is 9.27. The maximum atomic E-state index is 4.97. The summed E-state index contributed by atoms with van der Waals surface area (Å²) in [5.41, 5.74) is 0. The van der Waals surface area contributed by atoms with Crippen LogP contribution in [0.5, 0.6) is 11.5 Å². The molecule has 0 aliphatic heterocycles. The number of hydrogen-bond donors (Lipinski definition) is 0. The van der Waals surface area contributed by atoms with Crippen molar-refractivity contribution >= 4 is 0 Å². The summed E-state index contributed by atoms with van der Waals surface area (Å²) in [6, 6.07) is 7.19.